The molecule has 0 unspecified atom stereocenters. The summed E-state index contributed by atoms with van der Waals surface area (Å²) in [6, 6.07) is 13.8. The van der Waals surface area contributed by atoms with E-state index in [0.29, 0.717) is 16.7 Å². The highest BCUT2D eigenvalue weighted by Crippen LogP contribution is 2.20. The number of halogens is 1. The summed E-state index contributed by atoms with van der Waals surface area (Å²) in [6.07, 6.45) is 0. The second-order valence-electron chi connectivity index (χ2n) is 5.54. The molecular formula is C18H21ClN2OS. The molecule has 1 atom stereocenters. The second-order valence-corrected chi connectivity index (χ2v) is 6.36. The Hall–Kier alpha value is -1.78. The zero-order valence-corrected chi connectivity index (χ0v) is 15.1. The van der Waals surface area contributed by atoms with Crippen LogP contribution in [-0.4, -0.2) is 17.8 Å². The summed E-state index contributed by atoms with van der Waals surface area (Å²) in [4.78, 5) is 0. The van der Waals surface area contributed by atoms with Crippen molar-refractivity contribution in [3.8, 4) is 5.75 Å². The first-order valence-corrected chi connectivity index (χ1v) is 8.26. The second kappa shape index (κ2) is 8.18. The third-order valence-electron chi connectivity index (χ3n) is 3.39. The van der Waals surface area contributed by atoms with E-state index in [1.807, 2.05) is 63.2 Å². The molecule has 0 aliphatic heterocycles. The normalized spacial score (nSPS) is 11.7. The highest BCUT2D eigenvalue weighted by molar-refractivity contribution is 7.80. The van der Waals surface area contributed by atoms with Gasteiger partial charge in [-0.3, -0.25) is 0 Å². The fourth-order valence-electron chi connectivity index (χ4n) is 2.04. The molecule has 2 rings (SSSR count). The minimum atomic E-state index is 0.0792. The first-order chi connectivity index (χ1) is 11.0. The summed E-state index contributed by atoms with van der Waals surface area (Å²) in [5.74, 6) is 0.894. The van der Waals surface area contributed by atoms with E-state index in [1.165, 1.54) is 0 Å². The number of rotatable bonds is 5. The maximum atomic E-state index is 6.11. The number of aryl methyl sites for hydroxylation is 2. The number of para-hydroxylation sites is 1. The smallest absolute Gasteiger partial charge is 0.171 e. The summed E-state index contributed by atoms with van der Waals surface area (Å²) >= 11 is 11.4. The van der Waals surface area contributed by atoms with Gasteiger partial charge >= 0.3 is 0 Å². The molecule has 0 spiro atoms. The fourth-order valence-corrected chi connectivity index (χ4v) is 2.54. The molecular weight excluding hydrogens is 328 g/mol. The highest BCUT2D eigenvalue weighted by atomic mass is 35.5. The van der Waals surface area contributed by atoms with Crippen LogP contribution in [-0.2, 0) is 0 Å². The number of benzene rings is 2. The molecule has 2 aromatic rings. The van der Waals surface area contributed by atoms with E-state index in [1.54, 1.807) is 0 Å². The van der Waals surface area contributed by atoms with Gasteiger partial charge < -0.3 is 15.4 Å². The molecule has 5 heteroatoms. The highest BCUT2D eigenvalue weighted by Gasteiger charge is 2.07. The van der Waals surface area contributed by atoms with E-state index in [0.717, 1.165) is 22.6 Å². The molecule has 0 fully saturated rings. The molecule has 2 aromatic carbocycles. The van der Waals surface area contributed by atoms with Gasteiger partial charge in [0, 0.05) is 10.7 Å². The molecule has 23 heavy (non-hydrogen) atoms. The van der Waals surface area contributed by atoms with E-state index < -0.39 is 0 Å². The Bertz CT molecular complexity index is 690. The van der Waals surface area contributed by atoms with Gasteiger partial charge in [-0.15, -0.1) is 0 Å². The zero-order valence-electron chi connectivity index (χ0n) is 13.5. The van der Waals surface area contributed by atoms with Crippen molar-refractivity contribution in [2.45, 2.75) is 26.8 Å². The molecule has 2 N–H and O–H groups in total. The quantitative estimate of drug-likeness (QED) is 0.766. The monoisotopic (exact) mass is 348 g/mol. The third kappa shape index (κ3) is 5.41. The summed E-state index contributed by atoms with van der Waals surface area (Å²) < 4.78 is 5.81. The van der Waals surface area contributed by atoms with Crippen molar-refractivity contribution in [2.24, 2.45) is 0 Å². The van der Waals surface area contributed by atoms with Crippen molar-refractivity contribution in [2.75, 3.05) is 11.9 Å². The maximum absolute atomic E-state index is 6.11. The average Bonchev–Trinajstić information content (AvgIpc) is 2.50. The number of anilines is 1. The molecule has 0 amide bonds. The predicted molar refractivity (Wildman–Crippen MR) is 102 cm³/mol. The molecule has 122 valence electrons. The standard InChI is InChI=1S/C18H21ClN2OS/c1-12-8-9-15(10-16(12)19)21-18(23)20-14(3)11-22-17-7-5-4-6-13(17)2/h4-10,14H,11H2,1-3H3,(H2,20,21,23)/t14-/m0/s1. The first-order valence-electron chi connectivity index (χ1n) is 7.48. The molecule has 0 heterocycles. The van der Waals surface area contributed by atoms with Gasteiger partial charge in [-0.05, 0) is 62.3 Å². The van der Waals surface area contributed by atoms with E-state index in [-0.39, 0.29) is 6.04 Å². The van der Waals surface area contributed by atoms with E-state index in [9.17, 15) is 0 Å². The fraction of sp³-hybridized carbons (Fsp3) is 0.278. The Kier molecular flexibility index (Phi) is 6.25. The molecule has 0 radical (unpaired) electrons. The molecule has 0 bridgehead atoms. The van der Waals surface area contributed by atoms with Crippen LogP contribution in [0.2, 0.25) is 5.02 Å². The topological polar surface area (TPSA) is 33.3 Å². The largest absolute Gasteiger partial charge is 0.491 e. The third-order valence-corrected chi connectivity index (χ3v) is 4.02. The number of ether oxygens (including phenoxy) is 1. The van der Waals surface area contributed by atoms with Gasteiger partial charge in [0.2, 0.25) is 0 Å². The number of hydrogen-bond donors (Lipinski definition) is 2. The number of thiocarbonyl (C=S) groups is 1. The summed E-state index contributed by atoms with van der Waals surface area (Å²) in [6.45, 7) is 6.55. The summed E-state index contributed by atoms with van der Waals surface area (Å²) in [5, 5.41) is 7.60. The van der Waals surface area contributed by atoms with Gasteiger partial charge in [-0.1, -0.05) is 35.9 Å². The van der Waals surface area contributed by atoms with Gasteiger partial charge in [0.25, 0.3) is 0 Å². The van der Waals surface area contributed by atoms with Crippen LogP contribution in [0.25, 0.3) is 0 Å². The van der Waals surface area contributed by atoms with Crippen LogP contribution in [0.3, 0.4) is 0 Å². The van der Waals surface area contributed by atoms with Crippen LogP contribution in [0.1, 0.15) is 18.1 Å². The lowest BCUT2D eigenvalue weighted by molar-refractivity contribution is 0.285. The van der Waals surface area contributed by atoms with Gasteiger partial charge in [0.05, 0.1) is 6.04 Å². The predicted octanol–water partition coefficient (Wildman–Crippen LogP) is 4.71. The van der Waals surface area contributed by atoms with Gasteiger partial charge in [0.1, 0.15) is 12.4 Å². The van der Waals surface area contributed by atoms with Crippen LogP contribution in [0.4, 0.5) is 5.69 Å². The van der Waals surface area contributed by atoms with Crippen molar-refractivity contribution in [1.29, 1.82) is 0 Å². The van der Waals surface area contributed by atoms with Gasteiger partial charge in [-0.2, -0.15) is 0 Å². The Morgan fingerprint density at radius 2 is 1.91 bits per heavy atom. The number of hydrogen-bond acceptors (Lipinski definition) is 2. The van der Waals surface area contributed by atoms with Crippen molar-refractivity contribution in [3.05, 3.63) is 58.6 Å². The van der Waals surface area contributed by atoms with E-state index >= 15 is 0 Å². The molecule has 0 aromatic heterocycles. The SMILES string of the molecule is Cc1ccc(NC(=S)N[C@@H](C)COc2ccccc2C)cc1Cl. The van der Waals surface area contributed by atoms with E-state index in [2.05, 4.69) is 10.6 Å². The van der Waals surface area contributed by atoms with Gasteiger partial charge in [0.15, 0.2) is 5.11 Å². The Labute approximate surface area is 148 Å². The summed E-state index contributed by atoms with van der Waals surface area (Å²) in [7, 11) is 0. The van der Waals surface area contributed by atoms with Crippen molar-refractivity contribution >= 4 is 34.6 Å². The van der Waals surface area contributed by atoms with Crippen LogP contribution < -0.4 is 15.4 Å². The number of nitrogens with one attached hydrogen (secondary N) is 2. The Morgan fingerprint density at radius 3 is 2.61 bits per heavy atom. The first kappa shape index (κ1) is 17.6. The Morgan fingerprint density at radius 1 is 1.17 bits per heavy atom. The summed E-state index contributed by atoms with van der Waals surface area (Å²) in [5.41, 5.74) is 3.02. The average molecular weight is 349 g/mol. The van der Waals surface area contributed by atoms with Crippen molar-refractivity contribution in [1.82, 2.24) is 5.32 Å². The molecule has 0 aliphatic carbocycles. The lowest BCUT2D eigenvalue weighted by atomic mass is 10.2. The maximum Gasteiger partial charge on any atom is 0.171 e. The molecule has 0 saturated carbocycles. The van der Waals surface area contributed by atoms with Crippen molar-refractivity contribution in [3.63, 3.8) is 0 Å². The van der Waals surface area contributed by atoms with Gasteiger partial charge in [-0.25, -0.2) is 0 Å². The molecule has 3 nitrogen and oxygen atoms in total. The minimum Gasteiger partial charge on any atom is -0.491 e. The van der Waals surface area contributed by atoms with E-state index in [4.69, 9.17) is 28.6 Å². The molecule has 0 aliphatic rings. The lowest BCUT2D eigenvalue weighted by Crippen LogP contribution is -2.39. The van der Waals surface area contributed by atoms with Crippen LogP contribution in [0.5, 0.6) is 5.75 Å². The van der Waals surface area contributed by atoms with Crippen molar-refractivity contribution < 1.29 is 4.74 Å². The van der Waals surface area contributed by atoms with Crippen LogP contribution in [0.15, 0.2) is 42.5 Å². The van der Waals surface area contributed by atoms with Crippen LogP contribution >= 0.6 is 23.8 Å². The Balaban J connectivity index is 1.82. The lowest BCUT2D eigenvalue weighted by Gasteiger charge is -2.18. The molecule has 0 saturated heterocycles. The zero-order chi connectivity index (χ0) is 16.8. The van der Waals surface area contributed by atoms with Crippen LogP contribution in [0, 0.1) is 13.8 Å². The minimum absolute atomic E-state index is 0.0792.